The number of nitrogens with zero attached hydrogens (tertiary/aromatic N) is 1. The number of rotatable bonds is 2. The van der Waals surface area contributed by atoms with Gasteiger partial charge in [0.05, 0.1) is 0 Å². The van der Waals surface area contributed by atoms with Crippen LogP contribution in [0.4, 0.5) is 4.79 Å². The molecule has 1 amide bonds. The first-order valence-corrected chi connectivity index (χ1v) is 6.01. The predicted octanol–water partition coefficient (Wildman–Crippen LogP) is 2.71. The van der Waals surface area contributed by atoms with Crippen LogP contribution in [0.1, 0.15) is 26.3 Å². The van der Waals surface area contributed by atoms with Gasteiger partial charge in [0.25, 0.3) is 0 Å². The van der Waals surface area contributed by atoms with Gasteiger partial charge in [-0.2, -0.15) is 0 Å². The number of ether oxygens (including phenoxy) is 1. The smallest absolute Gasteiger partial charge is 0.407 e. The first-order valence-electron chi connectivity index (χ1n) is 4.94. The van der Waals surface area contributed by atoms with E-state index in [9.17, 15) is 4.79 Å². The number of aromatic nitrogens is 1. The minimum atomic E-state index is -0.466. The molecule has 1 aromatic heterocycles. The molecule has 0 radical (unpaired) electrons. The predicted molar refractivity (Wildman–Crippen MR) is 70.0 cm³/mol. The summed E-state index contributed by atoms with van der Waals surface area (Å²) in [6, 6.07) is 1.90. The van der Waals surface area contributed by atoms with E-state index in [2.05, 4.69) is 32.9 Å². The molecule has 1 heterocycles. The summed E-state index contributed by atoms with van der Waals surface area (Å²) < 4.78 is 6.20. The minimum absolute atomic E-state index is 0.410. The molecule has 0 spiro atoms. The van der Waals surface area contributed by atoms with Gasteiger partial charge < -0.3 is 10.1 Å². The normalized spacial score (nSPS) is 11.0. The molecule has 0 saturated heterocycles. The topological polar surface area (TPSA) is 51.2 Å². The van der Waals surface area contributed by atoms with Gasteiger partial charge in [-0.05, 0) is 49.4 Å². The Kier molecular flexibility index (Phi) is 4.52. The maximum Gasteiger partial charge on any atom is 0.407 e. The number of nitrogens with one attached hydrogen (secondary N) is 1. The number of pyridine rings is 1. The zero-order valence-corrected chi connectivity index (χ0v) is 11.7. The summed E-state index contributed by atoms with van der Waals surface area (Å²) in [6.07, 6.45) is 3.05. The Morgan fingerprint density at radius 1 is 1.56 bits per heavy atom. The fraction of sp³-hybridized carbons (Fsp3) is 0.455. The standard InChI is InChI=1S/C11H15IN2O2/c1-11(2,3)16-10(15)14-7-8-6-13-5-4-9(8)12/h4-6H,7H2,1-3H3,(H,14,15). The molecular formula is C11H15IN2O2. The van der Waals surface area contributed by atoms with E-state index in [0.717, 1.165) is 9.13 Å². The number of halogens is 1. The fourth-order valence-corrected chi connectivity index (χ4v) is 1.51. The molecule has 16 heavy (non-hydrogen) atoms. The molecule has 0 fully saturated rings. The van der Waals surface area contributed by atoms with E-state index in [-0.39, 0.29) is 0 Å². The second kappa shape index (κ2) is 5.47. The molecule has 0 atom stereocenters. The molecule has 0 aliphatic carbocycles. The summed E-state index contributed by atoms with van der Waals surface area (Å²) in [4.78, 5) is 15.4. The van der Waals surface area contributed by atoms with Crippen molar-refractivity contribution in [3.8, 4) is 0 Å². The molecule has 88 valence electrons. The summed E-state index contributed by atoms with van der Waals surface area (Å²) in [5.41, 5.74) is 0.514. The minimum Gasteiger partial charge on any atom is -0.444 e. The summed E-state index contributed by atoms with van der Waals surface area (Å²) in [5, 5.41) is 2.69. The quantitative estimate of drug-likeness (QED) is 0.846. The van der Waals surface area contributed by atoms with Crippen molar-refractivity contribution in [1.29, 1.82) is 0 Å². The molecule has 1 aromatic rings. The highest BCUT2D eigenvalue weighted by atomic mass is 127. The first-order chi connectivity index (χ1) is 7.38. The van der Waals surface area contributed by atoms with Crippen LogP contribution in [0.5, 0.6) is 0 Å². The van der Waals surface area contributed by atoms with E-state index >= 15 is 0 Å². The second-order valence-corrected chi connectivity index (χ2v) is 5.48. The lowest BCUT2D eigenvalue weighted by molar-refractivity contribution is 0.0523. The van der Waals surface area contributed by atoms with Crippen molar-refractivity contribution in [2.24, 2.45) is 0 Å². The van der Waals surface area contributed by atoms with Crippen LogP contribution in [-0.4, -0.2) is 16.7 Å². The lowest BCUT2D eigenvalue weighted by Gasteiger charge is -2.19. The lowest BCUT2D eigenvalue weighted by atomic mass is 10.2. The third-order valence-corrected chi connectivity index (χ3v) is 2.72. The molecule has 0 aliphatic rings. The Balaban J connectivity index is 2.47. The third-order valence-electron chi connectivity index (χ3n) is 1.67. The average molecular weight is 334 g/mol. The SMILES string of the molecule is CC(C)(C)OC(=O)NCc1cnccc1I. The number of carbonyl (C=O) groups is 1. The van der Waals surface area contributed by atoms with Crippen LogP contribution in [0.2, 0.25) is 0 Å². The van der Waals surface area contributed by atoms with Crippen LogP contribution >= 0.6 is 22.6 Å². The van der Waals surface area contributed by atoms with Crippen molar-refractivity contribution >= 4 is 28.7 Å². The van der Waals surface area contributed by atoms with E-state index < -0.39 is 11.7 Å². The Labute approximate surface area is 109 Å². The molecule has 0 saturated carbocycles. The van der Waals surface area contributed by atoms with Gasteiger partial charge >= 0.3 is 6.09 Å². The summed E-state index contributed by atoms with van der Waals surface area (Å²) in [7, 11) is 0. The van der Waals surface area contributed by atoms with Gasteiger partial charge in [0.1, 0.15) is 5.60 Å². The Bertz CT molecular complexity index is 374. The Morgan fingerprint density at radius 2 is 2.25 bits per heavy atom. The van der Waals surface area contributed by atoms with Gasteiger partial charge in [0.2, 0.25) is 0 Å². The summed E-state index contributed by atoms with van der Waals surface area (Å²) in [5.74, 6) is 0. The van der Waals surface area contributed by atoms with Crippen LogP contribution in [0.3, 0.4) is 0 Å². The van der Waals surface area contributed by atoms with Gasteiger partial charge in [0, 0.05) is 28.1 Å². The first kappa shape index (κ1) is 13.2. The van der Waals surface area contributed by atoms with Crippen molar-refractivity contribution < 1.29 is 9.53 Å². The molecule has 0 aromatic carbocycles. The van der Waals surface area contributed by atoms with Gasteiger partial charge in [-0.25, -0.2) is 4.79 Å². The molecular weight excluding hydrogens is 319 g/mol. The monoisotopic (exact) mass is 334 g/mol. The highest BCUT2D eigenvalue weighted by Crippen LogP contribution is 2.10. The van der Waals surface area contributed by atoms with Gasteiger partial charge in [-0.15, -0.1) is 0 Å². The molecule has 1 rings (SSSR count). The van der Waals surface area contributed by atoms with Crippen LogP contribution in [-0.2, 0) is 11.3 Å². The second-order valence-electron chi connectivity index (χ2n) is 4.32. The van der Waals surface area contributed by atoms with Crippen molar-refractivity contribution in [2.45, 2.75) is 32.9 Å². The van der Waals surface area contributed by atoms with Crippen molar-refractivity contribution in [3.05, 3.63) is 27.6 Å². The molecule has 5 heteroatoms. The fourth-order valence-electron chi connectivity index (χ4n) is 1.02. The van der Waals surface area contributed by atoms with Crippen molar-refractivity contribution in [3.63, 3.8) is 0 Å². The van der Waals surface area contributed by atoms with E-state index in [4.69, 9.17) is 4.74 Å². The lowest BCUT2D eigenvalue weighted by Crippen LogP contribution is -2.32. The van der Waals surface area contributed by atoms with Gasteiger partial charge in [0.15, 0.2) is 0 Å². The van der Waals surface area contributed by atoms with E-state index in [1.807, 2.05) is 26.8 Å². The van der Waals surface area contributed by atoms with E-state index in [1.54, 1.807) is 12.4 Å². The number of amides is 1. The number of carbonyl (C=O) groups excluding carboxylic acids is 1. The molecule has 0 bridgehead atoms. The number of hydrogen-bond acceptors (Lipinski definition) is 3. The van der Waals surface area contributed by atoms with Crippen LogP contribution in [0.25, 0.3) is 0 Å². The summed E-state index contributed by atoms with van der Waals surface area (Å²) >= 11 is 2.20. The Hall–Kier alpha value is -0.850. The van der Waals surface area contributed by atoms with Gasteiger partial charge in [-0.3, -0.25) is 4.98 Å². The van der Waals surface area contributed by atoms with Crippen molar-refractivity contribution in [2.75, 3.05) is 0 Å². The largest absolute Gasteiger partial charge is 0.444 e. The van der Waals surface area contributed by atoms with Gasteiger partial charge in [-0.1, -0.05) is 0 Å². The van der Waals surface area contributed by atoms with E-state index in [0.29, 0.717) is 6.54 Å². The van der Waals surface area contributed by atoms with Crippen LogP contribution in [0, 0.1) is 3.57 Å². The molecule has 4 nitrogen and oxygen atoms in total. The van der Waals surface area contributed by atoms with E-state index in [1.165, 1.54) is 0 Å². The third kappa shape index (κ3) is 4.78. The number of alkyl carbamates (subject to hydrolysis) is 1. The van der Waals surface area contributed by atoms with Crippen LogP contribution in [0.15, 0.2) is 18.5 Å². The zero-order valence-electron chi connectivity index (χ0n) is 9.58. The average Bonchev–Trinajstić information content (AvgIpc) is 2.14. The summed E-state index contributed by atoms with van der Waals surface area (Å²) in [6.45, 7) is 5.93. The molecule has 0 aliphatic heterocycles. The Morgan fingerprint density at radius 3 is 2.81 bits per heavy atom. The highest BCUT2D eigenvalue weighted by molar-refractivity contribution is 14.1. The molecule has 0 unspecified atom stereocenters. The zero-order chi connectivity index (χ0) is 12.2. The number of hydrogen-bond donors (Lipinski definition) is 1. The van der Waals surface area contributed by atoms with Crippen LogP contribution < -0.4 is 5.32 Å². The maximum atomic E-state index is 11.4. The molecule has 1 N–H and O–H groups in total. The highest BCUT2D eigenvalue weighted by Gasteiger charge is 2.15. The maximum absolute atomic E-state index is 11.4. The van der Waals surface area contributed by atoms with Crippen molar-refractivity contribution in [1.82, 2.24) is 10.3 Å².